The first-order chi connectivity index (χ1) is 18.9. The van der Waals surface area contributed by atoms with E-state index in [4.69, 9.17) is 23.2 Å². The van der Waals surface area contributed by atoms with E-state index in [1.54, 1.807) is 43.3 Å². The second kappa shape index (κ2) is 14.0. The Morgan fingerprint density at radius 1 is 0.950 bits per heavy atom. The molecule has 214 valence electrons. The van der Waals surface area contributed by atoms with Crippen molar-refractivity contribution in [3.8, 4) is 0 Å². The summed E-state index contributed by atoms with van der Waals surface area (Å²) in [6.07, 6.45) is 1.97. The number of sulfonamides is 1. The topological polar surface area (TPSA) is 86.8 Å². The van der Waals surface area contributed by atoms with Crippen molar-refractivity contribution >= 4 is 50.7 Å². The van der Waals surface area contributed by atoms with Crippen LogP contribution < -0.4 is 9.62 Å². The average molecular weight is 605 g/mol. The summed E-state index contributed by atoms with van der Waals surface area (Å²) in [6, 6.07) is 20.2. The van der Waals surface area contributed by atoms with E-state index in [9.17, 15) is 18.0 Å². The third kappa shape index (κ3) is 8.46. The smallest absolute Gasteiger partial charge is 0.244 e. The summed E-state index contributed by atoms with van der Waals surface area (Å²) >= 11 is 12.8. The number of carbonyl (C=O) groups is 2. The molecule has 0 aliphatic carbocycles. The molecule has 0 saturated carbocycles. The maximum Gasteiger partial charge on any atom is 0.244 e. The zero-order chi connectivity index (χ0) is 29.4. The third-order valence-corrected chi connectivity index (χ3v) is 8.61. The van der Waals surface area contributed by atoms with Crippen LogP contribution in [-0.4, -0.2) is 50.0 Å². The Balaban J connectivity index is 2.08. The zero-order valence-electron chi connectivity index (χ0n) is 23.1. The molecule has 0 aliphatic rings. The molecule has 40 heavy (non-hydrogen) atoms. The van der Waals surface area contributed by atoms with Gasteiger partial charge in [0.05, 0.1) is 11.9 Å². The lowest BCUT2D eigenvalue weighted by Gasteiger charge is -2.34. The largest absolute Gasteiger partial charge is 0.352 e. The minimum atomic E-state index is -3.88. The minimum absolute atomic E-state index is 0.0101. The van der Waals surface area contributed by atoms with Gasteiger partial charge in [0, 0.05) is 29.1 Å². The van der Waals surface area contributed by atoms with Crippen LogP contribution in [0, 0.1) is 6.92 Å². The van der Waals surface area contributed by atoms with Crippen molar-refractivity contribution in [2.75, 3.05) is 17.1 Å². The predicted octanol–water partition coefficient (Wildman–Crippen LogP) is 5.62. The lowest BCUT2D eigenvalue weighted by molar-refractivity contribution is -0.140. The van der Waals surface area contributed by atoms with Gasteiger partial charge in [0.1, 0.15) is 12.6 Å². The monoisotopic (exact) mass is 603 g/mol. The fourth-order valence-corrected chi connectivity index (χ4v) is 5.37. The van der Waals surface area contributed by atoms with Crippen LogP contribution in [0.3, 0.4) is 0 Å². The minimum Gasteiger partial charge on any atom is -0.352 e. The Labute approximate surface area is 247 Å². The molecule has 10 heteroatoms. The van der Waals surface area contributed by atoms with Gasteiger partial charge in [-0.1, -0.05) is 84.7 Å². The average Bonchev–Trinajstić information content (AvgIpc) is 2.91. The highest BCUT2D eigenvalue weighted by atomic mass is 35.5. The lowest BCUT2D eigenvalue weighted by atomic mass is 10.0. The number of nitrogens with one attached hydrogen (secondary N) is 1. The fourth-order valence-electron chi connectivity index (χ4n) is 4.16. The number of anilines is 1. The normalized spacial score (nSPS) is 12.8. The molecule has 2 amide bonds. The Hall–Kier alpha value is -3.07. The Kier molecular flexibility index (Phi) is 11.0. The Bertz CT molecular complexity index is 1430. The van der Waals surface area contributed by atoms with Crippen LogP contribution in [0.4, 0.5) is 5.69 Å². The fraction of sp³-hybridized carbons (Fsp3) is 0.333. The third-order valence-electron chi connectivity index (χ3n) is 6.69. The summed E-state index contributed by atoms with van der Waals surface area (Å²) in [5, 5.41) is 3.81. The van der Waals surface area contributed by atoms with E-state index < -0.39 is 28.5 Å². The standard InChI is InChI=1S/C30H35Cl2N3O4S/c1-5-22(3)33-30(37)28(17-23-11-7-6-8-12-23)34(19-24-13-9-10-14-26(24)31)29(36)20-35(40(4,38)39)25-16-15-21(2)27(32)18-25/h6-16,18,22,28H,5,17,19-20H2,1-4H3,(H,33,37)/t22-,28-/m0/s1. The van der Waals surface area contributed by atoms with Crippen molar-refractivity contribution in [1.29, 1.82) is 0 Å². The van der Waals surface area contributed by atoms with E-state index in [-0.39, 0.29) is 30.6 Å². The van der Waals surface area contributed by atoms with E-state index >= 15 is 0 Å². The van der Waals surface area contributed by atoms with Crippen LogP contribution in [0.15, 0.2) is 72.8 Å². The lowest BCUT2D eigenvalue weighted by Crippen LogP contribution is -2.54. The van der Waals surface area contributed by atoms with Crippen LogP contribution in [0.2, 0.25) is 10.0 Å². The second-order valence-electron chi connectivity index (χ2n) is 9.84. The highest BCUT2D eigenvalue weighted by Gasteiger charge is 2.33. The van der Waals surface area contributed by atoms with Gasteiger partial charge in [-0.05, 0) is 55.2 Å². The summed E-state index contributed by atoms with van der Waals surface area (Å²) in [5.74, 6) is -0.884. The number of hydrogen-bond acceptors (Lipinski definition) is 4. The molecule has 1 N–H and O–H groups in total. The van der Waals surface area contributed by atoms with Gasteiger partial charge in [-0.25, -0.2) is 8.42 Å². The van der Waals surface area contributed by atoms with Crippen LogP contribution in [-0.2, 0) is 32.6 Å². The summed E-state index contributed by atoms with van der Waals surface area (Å²) in [7, 11) is -3.88. The van der Waals surface area contributed by atoms with Gasteiger partial charge in [-0.15, -0.1) is 0 Å². The van der Waals surface area contributed by atoms with Crippen LogP contribution >= 0.6 is 23.2 Å². The summed E-state index contributed by atoms with van der Waals surface area (Å²) in [5.41, 5.74) is 2.52. The number of carbonyl (C=O) groups excluding carboxylic acids is 2. The number of amides is 2. The van der Waals surface area contributed by atoms with E-state index in [1.165, 1.54) is 11.0 Å². The van der Waals surface area contributed by atoms with Crippen molar-refractivity contribution in [2.24, 2.45) is 0 Å². The highest BCUT2D eigenvalue weighted by molar-refractivity contribution is 7.92. The molecule has 3 aromatic rings. The van der Waals surface area contributed by atoms with Crippen molar-refractivity contribution < 1.29 is 18.0 Å². The molecule has 0 spiro atoms. The number of halogens is 2. The summed E-state index contributed by atoms with van der Waals surface area (Å²) in [4.78, 5) is 29.2. The molecule has 0 unspecified atom stereocenters. The van der Waals surface area contributed by atoms with Gasteiger partial charge in [-0.3, -0.25) is 13.9 Å². The van der Waals surface area contributed by atoms with Crippen LogP contribution in [0.25, 0.3) is 0 Å². The number of benzene rings is 3. The molecular formula is C30H35Cl2N3O4S. The van der Waals surface area contributed by atoms with E-state index in [0.717, 1.165) is 21.7 Å². The molecule has 0 fully saturated rings. The molecule has 0 radical (unpaired) electrons. The van der Waals surface area contributed by atoms with Gasteiger partial charge in [-0.2, -0.15) is 0 Å². The summed E-state index contributed by atoms with van der Waals surface area (Å²) < 4.78 is 26.8. The first kappa shape index (κ1) is 31.5. The van der Waals surface area contributed by atoms with E-state index in [0.29, 0.717) is 22.0 Å². The Morgan fingerprint density at radius 2 is 1.60 bits per heavy atom. The maximum absolute atomic E-state index is 14.1. The number of aryl methyl sites for hydroxylation is 1. The zero-order valence-corrected chi connectivity index (χ0v) is 25.4. The van der Waals surface area contributed by atoms with Gasteiger partial charge in [0.2, 0.25) is 21.8 Å². The van der Waals surface area contributed by atoms with Crippen molar-refractivity contribution in [3.05, 3.63) is 99.5 Å². The highest BCUT2D eigenvalue weighted by Crippen LogP contribution is 2.26. The molecule has 0 saturated heterocycles. The van der Waals surface area contributed by atoms with Gasteiger partial charge >= 0.3 is 0 Å². The summed E-state index contributed by atoms with van der Waals surface area (Å²) in [6.45, 7) is 5.14. The maximum atomic E-state index is 14.1. The van der Waals surface area contributed by atoms with Crippen molar-refractivity contribution in [2.45, 2.75) is 52.2 Å². The Morgan fingerprint density at radius 3 is 2.20 bits per heavy atom. The molecule has 0 bridgehead atoms. The molecule has 0 heterocycles. The second-order valence-corrected chi connectivity index (χ2v) is 12.6. The predicted molar refractivity (Wildman–Crippen MR) is 162 cm³/mol. The quantitative estimate of drug-likeness (QED) is 0.291. The van der Waals surface area contributed by atoms with E-state index in [2.05, 4.69) is 5.32 Å². The van der Waals surface area contributed by atoms with Crippen LogP contribution in [0.5, 0.6) is 0 Å². The molecule has 3 aromatic carbocycles. The number of hydrogen-bond donors (Lipinski definition) is 1. The SMILES string of the molecule is CC[C@H](C)NC(=O)[C@H](Cc1ccccc1)N(Cc1ccccc1Cl)C(=O)CN(c1ccc(C)c(Cl)c1)S(C)(=O)=O. The number of nitrogens with zero attached hydrogens (tertiary/aromatic N) is 2. The molecule has 0 aliphatic heterocycles. The molecular weight excluding hydrogens is 569 g/mol. The molecule has 2 atom stereocenters. The van der Waals surface area contributed by atoms with Gasteiger partial charge in [0.25, 0.3) is 0 Å². The molecule has 3 rings (SSSR count). The van der Waals surface area contributed by atoms with E-state index in [1.807, 2.05) is 44.2 Å². The van der Waals surface area contributed by atoms with Crippen molar-refractivity contribution in [3.63, 3.8) is 0 Å². The molecule has 7 nitrogen and oxygen atoms in total. The van der Waals surface area contributed by atoms with Crippen LogP contribution in [0.1, 0.15) is 37.0 Å². The van der Waals surface area contributed by atoms with Gasteiger partial charge < -0.3 is 10.2 Å². The van der Waals surface area contributed by atoms with Gasteiger partial charge in [0.15, 0.2) is 0 Å². The first-order valence-corrected chi connectivity index (χ1v) is 15.6. The first-order valence-electron chi connectivity index (χ1n) is 13.0. The number of rotatable bonds is 12. The van der Waals surface area contributed by atoms with Crippen molar-refractivity contribution in [1.82, 2.24) is 10.2 Å². The molecule has 0 aromatic heterocycles.